The maximum absolute atomic E-state index is 4.59. The van der Waals surface area contributed by atoms with Crippen LogP contribution in [0.3, 0.4) is 0 Å². The Morgan fingerprint density at radius 2 is 2.21 bits per heavy atom. The molecule has 3 nitrogen and oxygen atoms in total. The molecule has 2 rings (SSSR count). The summed E-state index contributed by atoms with van der Waals surface area (Å²) in [5, 5.41) is 3.47. The normalized spacial score (nSPS) is 21.1. The average molecular weight is 261 g/mol. The lowest BCUT2D eigenvalue weighted by Crippen LogP contribution is -2.34. The van der Waals surface area contributed by atoms with Crippen molar-refractivity contribution in [2.24, 2.45) is 5.92 Å². The Morgan fingerprint density at radius 1 is 1.42 bits per heavy atom. The first-order valence-electron chi connectivity index (χ1n) is 7.59. The molecular weight excluding hydrogens is 234 g/mol. The summed E-state index contributed by atoms with van der Waals surface area (Å²) in [6.07, 6.45) is 4.54. The van der Waals surface area contributed by atoms with Crippen LogP contribution in [0.25, 0.3) is 0 Å². The van der Waals surface area contributed by atoms with Crippen LogP contribution in [0.4, 0.5) is 5.82 Å². The molecule has 0 amide bonds. The highest BCUT2D eigenvalue weighted by Gasteiger charge is 2.28. The van der Waals surface area contributed by atoms with Gasteiger partial charge in [0.25, 0.3) is 0 Å². The summed E-state index contributed by atoms with van der Waals surface area (Å²) in [6.45, 7) is 11.1. The fourth-order valence-corrected chi connectivity index (χ4v) is 3.05. The second-order valence-corrected chi connectivity index (χ2v) is 5.87. The molecule has 19 heavy (non-hydrogen) atoms. The molecule has 1 aliphatic rings. The predicted molar refractivity (Wildman–Crippen MR) is 81.5 cm³/mol. The summed E-state index contributed by atoms with van der Waals surface area (Å²) >= 11 is 0. The second kappa shape index (κ2) is 6.38. The molecule has 2 unspecified atom stereocenters. The lowest BCUT2D eigenvalue weighted by Gasteiger charge is -2.29. The van der Waals surface area contributed by atoms with Crippen molar-refractivity contribution in [3.63, 3.8) is 0 Å². The number of nitrogens with one attached hydrogen (secondary N) is 1. The molecule has 0 bridgehead atoms. The fourth-order valence-electron chi connectivity index (χ4n) is 3.05. The van der Waals surface area contributed by atoms with Gasteiger partial charge in [0.15, 0.2) is 0 Å². The highest BCUT2D eigenvalue weighted by Crippen LogP contribution is 2.29. The topological polar surface area (TPSA) is 28.2 Å². The summed E-state index contributed by atoms with van der Waals surface area (Å²) in [6, 6.07) is 5.43. The smallest absolute Gasteiger partial charge is 0.129 e. The Balaban J connectivity index is 2.18. The van der Waals surface area contributed by atoms with E-state index in [0.29, 0.717) is 18.0 Å². The van der Waals surface area contributed by atoms with E-state index in [1.165, 1.54) is 18.4 Å². The minimum atomic E-state index is 0.395. The maximum atomic E-state index is 4.59. The summed E-state index contributed by atoms with van der Waals surface area (Å²) < 4.78 is 0. The van der Waals surface area contributed by atoms with Crippen LogP contribution in [-0.2, 0) is 0 Å². The van der Waals surface area contributed by atoms with Gasteiger partial charge in [0, 0.05) is 24.8 Å². The van der Waals surface area contributed by atoms with Crippen molar-refractivity contribution in [1.29, 1.82) is 0 Å². The number of nitrogens with zero attached hydrogens (tertiary/aromatic N) is 2. The van der Waals surface area contributed by atoms with Gasteiger partial charge in [0.2, 0.25) is 0 Å². The highest BCUT2D eigenvalue weighted by molar-refractivity contribution is 5.44. The van der Waals surface area contributed by atoms with E-state index in [1.54, 1.807) is 0 Å². The molecule has 0 saturated carbocycles. The molecular formula is C16H27N3. The van der Waals surface area contributed by atoms with Crippen molar-refractivity contribution in [2.75, 3.05) is 18.0 Å². The number of hydrogen-bond acceptors (Lipinski definition) is 3. The standard InChI is InChI=1S/C16H27N3/c1-5-17-13(4)14-8-9-18-16(11-14)19-10-6-7-15(19)12(2)3/h8-9,11-13,15,17H,5-7,10H2,1-4H3. The summed E-state index contributed by atoms with van der Waals surface area (Å²) in [5.74, 6) is 1.84. The SMILES string of the molecule is CCNC(C)c1ccnc(N2CCCC2C(C)C)c1. The summed E-state index contributed by atoms with van der Waals surface area (Å²) in [5.41, 5.74) is 1.33. The Bertz CT molecular complexity index is 403. The lowest BCUT2D eigenvalue weighted by atomic mass is 10.0. The van der Waals surface area contributed by atoms with Gasteiger partial charge in [-0.25, -0.2) is 4.98 Å². The lowest BCUT2D eigenvalue weighted by molar-refractivity contribution is 0.489. The van der Waals surface area contributed by atoms with Gasteiger partial charge in [-0.15, -0.1) is 0 Å². The van der Waals surface area contributed by atoms with Gasteiger partial charge < -0.3 is 10.2 Å². The first-order chi connectivity index (χ1) is 9.13. The van der Waals surface area contributed by atoms with Gasteiger partial charge >= 0.3 is 0 Å². The van der Waals surface area contributed by atoms with Crippen molar-refractivity contribution >= 4 is 5.82 Å². The van der Waals surface area contributed by atoms with Crippen molar-refractivity contribution in [2.45, 2.75) is 52.6 Å². The zero-order chi connectivity index (χ0) is 13.8. The van der Waals surface area contributed by atoms with Crippen LogP contribution in [0.2, 0.25) is 0 Å². The fraction of sp³-hybridized carbons (Fsp3) is 0.688. The van der Waals surface area contributed by atoms with Crippen LogP contribution in [0.15, 0.2) is 18.3 Å². The van der Waals surface area contributed by atoms with Gasteiger partial charge in [0.05, 0.1) is 0 Å². The first kappa shape index (κ1) is 14.3. The first-order valence-corrected chi connectivity index (χ1v) is 7.59. The number of pyridine rings is 1. The molecule has 0 aliphatic carbocycles. The van der Waals surface area contributed by atoms with E-state index >= 15 is 0 Å². The Morgan fingerprint density at radius 3 is 2.89 bits per heavy atom. The molecule has 3 heteroatoms. The van der Waals surface area contributed by atoms with Gasteiger partial charge in [-0.2, -0.15) is 0 Å². The molecule has 106 valence electrons. The van der Waals surface area contributed by atoms with Gasteiger partial charge in [-0.3, -0.25) is 0 Å². The third-order valence-corrected chi connectivity index (χ3v) is 4.14. The highest BCUT2D eigenvalue weighted by atomic mass is 15.2. The second-order valence-electron chi connectivity index (χ2n) is 5.87. The molecule has 1 fully saturated rings. The van der Waals surface area contributed by atoms with Crippen LogP contribution in [0.1, 0.15) is 52.1 Å². The largest absolute Gasteiger partial charge is 0.353 e. The molecule has 2 heterocycles. The Hall–Kier alpha value is -1.09. The molecule has 0 spiro atoms. The predicted octanol–water partition coefficient (Wildman–Crippen LogP) is 3.38. The summed E-state index contributed by atoms with van der Waals surface area (Å²) in [4.78, 5) is 7.09. The zero-order valence-corrected chi connectivity index (χ0v) is 12.7. The van der Waals surface area contributed by atoms with E-state index in [4.69, 9.17) is 0 Å². The van der Waals surface area contributed by atoms with Crippen LogP contribution >= 0.6 is 0 Å². The van der Waals surface area contributed by atoms with E-state index in [0.717, 1.165) is 18.9 Å². The van der Waals surface area contributed by atoms with Crippen LogP contribution < -0.4 is 10.2 Å². The molecule has 1 N–H and O–H groups in total. The van der Waals surface area contributed by atoms with E-state index in [9.17, 15) is 0 Å². The minimum Gasteiger partial charge on any atom is -0.353 e. The van der Waals surface area contributed by atoms with Crippen LogP contribution in [0, 0.1) is 5.92 Å². The van der Waals surface area contributed by atoms with Gasteiger partial charge in [-0.1, -0.05) is 20.8 Å². The van der Waals surface area contributed by atoms with E-state index in [-0.39, 0.29) is 0 Å². The third kappa shape index (κ3) is 3.27. The molecule has 0 radical (unpaired) electrons. The third-order valence-electron chi connectivity index (χ3n) is 4.14. The Labute approximate surface area is 117 Å². The van der Waals surface area contributed by atoms with Crippen molar-refractivity contribution in [3.05, 3.63) is 23.9 Å². The summed E-state index contributed by atoms with van der Waals surface area (Å²) in [7, 11) is 0. The van der Waals surface area contributed by atoms with Gasteiger partial charge in [-0.05, 0) is 49.9 Å². The number of rotatable bonds is 5. The minimum absolute atomic E-state index is 0.395. The molecule has 1 aromatic heterocycles. The number of hydrogen-bond donors (Lipinski definition) is 1. The Kier molecular flexibility index (Phi) is 4.81. The van der Waals surface area contributed by atoms with Crippen molar-refractivity contribution in [3.8, 4) is 0 Å². The van der Waals surface area contributed by atoms with Crippen LogP contribution in [0.5, 0.6) is 0 Å². The molecule has 1 aliphatic heterocycles. The molecule has 2 atom stereocenters. The van der Waals surface area contributed by atoms with Crippen molar-refractivity contribution < 1.29 is 0 Å². The molecule has 0 aromatic carbocycles. The monoisotopic (exact) mass is 261 g/mol. The number of aromatic nitrogens is 1. The van der Waals surface area contributed by atoms with E-state index < -0.39 is 0 Å². The van der Waals surface area contributed by atoms with Crippen LogP contribution in [-0.4, -0.2) is 24.1 Å². The van der Waals surface area contributed by atoms with E-state index in [2.05, 4.69) is 55.0 Å². The maximum Gasteiger partial charge on any atom is 0.129 e. The molecule has 1 saturated heterocycles. The quantitative estimate of drug-likeness (QED) is 0.880. The molecule has 1 aromatic rings. The number of anilines is 1. The van der Waals surface area contributed by atoms with Gasteiger partial charge in [0.1, 0.15) is 5.82 Å². The average Bonchev–Trinajstić information content (AvgIpc) is 2.88. The zero-order valence-electron chi connectivity index (χ0n) is 12.7. The van der Waals surface area contributed by atoms with Crippen molar-refractivity contribution in [1.82, 2.24) is 10.3 Å². The van der Waals surface area contributed by atoms with E-state index in [1.807, 2.05) is 6.20 Å².